The molecule has 0 amide bonds. The molecular formula is C4H7F3O2. The molecule has 0 heterocycles. The van der Waals surface area contributed by atoms with Crippen LogP contribution in [0.5, 0.6) is 0 Å². The molecule has 9 heavy (non-hydrogen) atoms. The van der Waals surface area contributed by atoms with Crippen molar-refractivity contribution in [1.82, 2.24) is 0 Å². The summed E-state index contributed by atoms with van der Waals surface area (Å²) in [7, 11) is 0. The van der Waals surface area contributed by atoms with Crippen LogP contribution in [0.4, 0.5) is 13.2 Å². The highest BCUT2D eigenvalue weighted by Gasteiger charge is 2.31. The van der Waals surface area contributed by atoms with Gasteiger partial charge in [-0.05, 0) is 6.92 Å². The number of ether oxygens (including phenoxy) is 1. The molecule has 5 heteroatoms. The van der Waals surface area contributed by atoms with E-state index in [0.717, 1.165) is 6.92 Å². The molecule has 0 aromatic rings. The van der Waals surface area contributed by atoms with Gasteiger partial charge in [0, 0.05) is 0 Å². The Morgan fingerprint density at radius 2 is 2.00 bits per heavy atom. The summed E-state index contributed by atoms with van der Waals surface area (Å²) >= 11 is 0. The zero-order valence-corrected chi connectivity index (χ0v) is 4.77. The van der Waals surface area contributed by atoms with Crippen molar-refractivity contribution in [3.8, 4) is 0 Å². The van der Waals surface area contributed by atoms with E-state index in [-0.39, 0.29) is 0 Å². The van der Waals surface area contributed by atoms with Crippen molar-refractivity contribution in [2.45, 2.75) is 19.4 Å². The van der Waals surface area contributed by atoms with Crippen LogP contribution in [0.25, 0.3) is 0 Å². The lowest BCUT2D eigenvalue weighted by Gasteiger charge is -2.11. The molecule has 0 aromatic heterocycles. The number of halogens is 3. The van der Waals surface area contributed by atoms with Crippen LogP contribution >= 0.6 is 0 Å². The second-order valence-corrected chi connectivity index (χ2v) is 1.56. The number of hydrogen-bond acceptors (Lipinski definition) is 2. The van der Waals surface area contributed by atoms with Gasteiger partial charge < -0.3 is 5.11 Å². The average molecular weight is 144 g/mol. The monoisotopic (exact) mass is 144 g/mol. The first-order chi connectivity index (χ1) is 3.95. The van der Waals surface area contributed by atoms with Gasteiger partial charge in [0.05, 0.1) is 12.7 Å². The van der Waals surface area contributed by atoms with Gasteiger partial charge in [-0.25, -0.2) is 0 Å². The molecule has 0 aromatic carbocycles. The number of hydrogen-bond donors (Lipinski definition) is 1. The molecule has 0 saturated heterocycles. The number of aliphatic hydroxyl groups excluding tert-OH is 1. The number of aliphatic hydroxyl groups is 1. The zero-order chi connectivity index (χ0) is 7.49. The first-order valence-corrected chi connectivity index (χ1v) is 2.31. The van der Waals surface area contributed by atoms with Gasteiger partial charge in [0.1, 0.15) is 0 Å². The second kappa shape index (κ2) is 3.03. The first kappa shape index (κ1) is 8.71. The molecule has 56 valence electrons. The Hall–Kier alpha value is -0.290. The van der Waals surface area contributed by atoms with Crippen LogP contribution in [0.15, 0.2) is 0 Å². The van der Waals surface area contributed by atoms with Crippen LogP contribution in [0, 0.1) is 0 Å². The van der Waals surface area contributed by atoms with Crippen molar-refractivity contribution in [3.05, 3.63) is 0 Å². The van der Waals surface area contributed by atoms with Gasteiger partial charge in [0.15, 0.2) is 0 Å². The van der Waals surface area contributed by atoms with Gasteiger partial charge in [-0.2, -0.15) is 0 Å². The van der Waals surface area contributed by atoms with Crippen molar-refractivity contribution in [3.63, 3.8) is 0 Å². The van der Waals surface area contributed by atoms with Gasteiger partial charge in [-0.3, -0.25) is 4.74 Å². The van der Waals surface area contributed by atoms with E-state index < -0.39 is 19.1 Å². The van der Waals surface area contributed by atoms with E-state index in [0.29, 0.717) is 0 Å². The molecule has 0 aliphatic heterocycles. The second-order valence-electron chi connectivity index (χ2n) is 1.56. The minimum atomic E-state index is -4.64. The molecule has 1 unspecified atom stereocenters. The lowest BCUT2D eigenvalue weighted by atomic mass is 10.4. The highest BCUT2D eigenvalue weighted by Crippen LogP contribution is 2.17. The third-order valence-corrected chi connectivity index (χ3v) is 0.592. The van der Waals surface area contributed by atoms with E-state index in [1.54, 1.807) is 0 Å². The van der Waals surface area contributed by atoms with Crippen molar-refractivity contribution >= 4 is 0 Å². The van der Waals surface area contributed by atoms with Crippen LogP contribution in [0.1, 0.15) is 6.92 Å². The van der Waals surface area contributed by atoms with Crippen molar-refractivity contribution in [2.24, 2.45) is 0 Å². The van der Waals surface area contributed by atoms with E-state index in [2.05, 4.69) is 4.74 Å². The predicted molar refractivity (Wildman–Crippen MR) is 23.7 cm³/mol. The Morgan fingerprint density at radius 3 is 2.11 bits per heavy atom. The van der Waals surface area contributed by atoms with Crippen LogP contribution in [-0.4, -0.2) is 24.2 Å². The zero-order valence-electron chi connectivity index (χ0n) is 4.77. The normalized spacial score (nSPS) is 15.7. The molecule has 0 fully saturated rings. The van der Waals surface area contributed by atoms with Gasteiger partial charge in [0.25, 0.3) is 0 Å². The van der Waals surface area contributed by atoms with E-state index in [9.17, 15) is 13.2 Å². The summed E-state index contributed by atoms with van der Waals surface area (Å²) in [6.45, 7) is 0.507. The van der Waals surface area contributed by atoms with Gasteiger partial charge >= 0.3 is 6.36 Å². The average Bonchev–Trinajstić information content (AvgIpc) is 1.62. The van der Waals surface area contributed by atoms with Crippen molar-refractivity contribution in [2.75, 3.05) is 6.61 Å². The summed E-state index contributed by atoms with van der Waals surface area (Å²) in [5, 5.41) is 8.07. The molecule has 2 nitrogen and oxygen atoms in total. The summed E-state index contributed by atoms with van der Waals surface area (Å²) in [4.78, 5) is 0. The fourth-order valence-corrected chi connectivity index (χ4v) is 0.265. The van der Waals surface area contributed by atoms with Gasteiger partial charge in [-0.1, -0.05) is 0 Å². The van der Waals surface area contributed by atoms with Gasteiger partial charge in [0.2, 0.25) is 0 Å². The Kier molecular flexibility index (Phi) is 2.93. The molecule has 1 atom stereocenters. The summed E-state index contributed by atoms with van der Waals surface area (Å²) in [6.07, 6.45) is -5.81. The van der Waals surface area contributed by atoms with Crippen LogP contribution < -0.4 is 0 Å². The highest BCUT2D eigenvalue weighted by atomic mass is 19.4. The summed E-state index contributed by atoms with van der Waals surface area (Å²) in [6, 6.07) is 0. The first-order valence-electron chi connectivity index (χ1n) is 2.31. The topological polar surface area (TPSA) is 29.5 Å². The van der Waals surface area contributed by atoms with Crippen LogP contribution in [0.3, 0.4) is 0 Å². The number of alkyl halides is 3. The lowest BCUT2D eigenvalue weighted by Crippen LogP contribution is -2.23. The Balaban J connectivity index is 3.47. The van der Waals surface area contributed by atoms with Crippen molar-refractivity contribution < 1.29 is 23.0 Å². The predicted octanol–water partition coefficient (Wildman–Crippen LogP) is 0.904. The van der Waals surface area contributed by atoms with E-state index >= 15 is 0 Å². The third-order valence-electron chi connectivity index (χ3n) is 0.592. The minimum Gasteiger partial charge on any atom is -0.394 e. The molecule has 0 aliphatic carbocycles. The maximum absolute atomic E-state index is 11.2. The molecule has 0 saturated carbocycles. The molecule has 0 radical (unpaired) electrons. The minimum absolute atomic E-state index is 0.625. The van der Waals surface area contributed by atoms with Crippen LogP contribution in [0.2, 0.25) is 0 Å². The fourth-order valence-electron chi connectivity index (χ4n) is 0.265. The quantitative estimate of drug-likeness (QED) is 0.624. The van der Waals surface area contributed by atoms with E-state index in [4.69, 9.17) is 5.11 Å². The standard InChI is InChI=1S/C4H7F3O2/c1-3(2-8)9-4(5,6)7/h3,8H,2H2,1H3. The molecule has 0 rings (SSSR count). The Labute approximate surface area is 50.2 Å². The highest BCUT2D eigenvalue weighted by molar-refractivity contribution is 4.44. The number of rotatable bonds is 2. The van der Waals surface area contributed by atoms with E-state index in [1.165, 1.54) is 0 Å². The largest absolute Gasteiger partial charge is 0.522 e. The maximum atomic E-state index is 11.2. The van der Waals surface area contributed by atoms with E-state index in [1.807, 2.05) is 0 Å². The smallest absolute Gasteiger partial charge is 0.394 e. The van der Waals surface area contributed by atoms with Gasteiger partial charge in [-0.15, -0.1) is 13.2 Å². The molecular weight excluding hydrogens is 137 g/mol. The molecule has 0 spiro atoms. The van der Waals surface area contributed by atoms with Crippen molar-refractivity contribution in [1.29, 1.82) is 0 Å². The lowest BCUT2D eigenvalue weighted by molar-refractivity contribution is -0.342. The third kappa shape index (κ3) is 5.58. The molecule has 1 N–H and O–H groups in total. The SMILES string of the molecule is CC(CO)OC(F)(F)F. The molecule has 0 aliphatic rings. The Bertz CT molecular complexity index is 80.4. The summed E-state index contributed by atoms with van der Waals surface area (Å²) in [5.41, 5.74) is 0. The van der Waals surface area contributed by atoms with Crippen LogP contribution in [-0.2, 0) is 4.74 Å². The summed E-state index contributed by atoms with van der Waals surface area (Å²) in [5.74, 6) is 0. The Morgan fingerprint density at radius 1 is 1.56 bits per heavy atom. The fraction of sp³-hybridized carbons (Fsp3) is 1.00. The summed E-state index contributed by atoms with van der Waals surface area (Å²) < 4.78 is 36.8. The molecule has 0 bridgehead atoms. The maximum Gasteiger partial charge on any atom is 0.522 e.